The van der Waals surface area contributed by atoms with Gasteiger partial charge in [0.25, 0.3) is 17.7 Å². The lowest BCUT2D eigenvalue weighted by Gasteiger charge is -2.35. The van der Waals surface area contributed by atoms with E-state index in [9.17, 15) is 28.3 Å². The van der Waals surface area contributed by atoms with Gasteiger partial charge in [0, 0.05) is 41.4 Å². The van der Waals surface area contributed by atoms with E-state index in [0.717, 1.165) is 41.2 Å². The maximum Gasteiger partial charge on any atom is 0.280 e. The zero-order chi connectivity index (χ0) is 43.1. The van der Waals surface area contributed by atoms with Crippen molar-refractivity contribution in [2.75, 3.05) is 16.0 Å². The summed E-state index contributed by atoms with van der Waals surface area (Å²) < 4.78 is 36.2. The van der Waals surface area contributed by atoms with Crippen molar-refractivity contribution in [1.29, 1.82) is 0 Å². The second-order valence-electron chi connectivity index (χ2n) is 14.2. The second kappa shape index (κ2) is 18.9. The molecule has 3 aromatic carbocycles. The molecular formula is C41H38Cl2F2N8O6S. The normalized spacial score (nSPS) is 12.8. The maximum absolute atomic E-state index is 13.1. The topological polar surface area (TPSA) is 201 Å². The third-order valence-electron chi connectivity index (χ3n) is 9.01. The molecular weight excluding hydrogens is 841 g/mol. The predicted molar refractivity (Wildman–Crippen MR) is 224 cm³/mol. The number of aliphatic hydroxyl groups is 1. The Balaban J connectivity index is 0.000000151. The molecule has 1 fully saturated rings. The molecule has 0 unspecified atom stereocenters. The van der Waals surface area contributed by atoms with Crippen LogP contribution in [0.15, 0.2) is 88.0 Å². The van der Waals surface area contributed by atoms with E-state index in [1.165, 1.54) is 41.7 Å². The molecule has 14 nitrogen and oxygen atoms in total. The lowest BCUT2D eigenvalue weighted by atomic mass is 9.79. The van der Waals surface area contributed by atoms with Crippen molar-refractivity contribution in [3.05, 3.63) is 134 Å². The second-order valence-corrected chi connectivity index (χ2v) is 16.0. The quantitative estimate of drug-likeness (QED) is 0.0929. The molecule has 0 radical (unpaired) electrons. The number of hydrogen-bond acceptors (Lipinski definition) is 11. The summed E-state index contributed by atoms with van der Waals surface area (Å²) in [5.74, 6) is -0.270. The summed E-state index contributed by atoms with van der Waals surface area (Å²) in [5, 5.41) is 25.7. The number of imidazole rings is 1. The van der Waals surface area contributed by atoms with Crippen LogP contribution in [0.4, 0.5) is 25.5 Å². The number of hydrogen-bond donors (Lipinski definition) is 5. The lowest BCUT2D eigenvalue weighted by molar-refractivity contribution is -0.0356. The number of aromatic nitrogens is 5. The zero-order valence-corrected chi connectivity index (χ0v) is 34.8. The number of nitrogens with one attached hydrogen (secondary N) is 4. The minimum absolute atomic E-state index is 0.0548. The molecule has 19 heteroatoms. The van der Waals surface area contributed by atoms with Crippen molar-refractivity contribution in [2.24, 2.45) is 0 Å². The molecule has 8 rings (SSSR count). The number of benzene rings is 3. The third-order valence-corrected chi connectivity index (χ3v) is 10.7. The summed E-state index contributed by atoms with van der Waals surface area (Å²) in [6.07, 6.45) is 4.01. The van der Waals surface area contributed by atoms with Crippen LogP contribution in [0.5, 0.6) is 0 Å². The van der Waals surface area contributed by atoms with Crippen molar-refractivity contribution in [3.8, 4) is 0 Å². The molecule has 60 heavy (non-hydrogen) atoms. The highest BCUT2D eigenvalue weighted by Crippen LogP contribution is 2.44. The molecule has 0 atom stereocenters. The van der Waals surface area contributed by atoms with Crippen molar-refractivity contribution < 1.29 is 37.3 Å². The number of fused-ring (bicyclic) bond motifs is 1. The van der Waals surface area contributed by atoms with E-state index in [-0.39, 0.29) is 44.7 Å². The van der Waals surface area contributed by atoms with E-state index < -0.39 is 29.0 Å². The van der Waals surface area contributed by atoms with Crippen LogP contribution in [-0.4, -0.2) is 48.1 Å². The molecule has 312 valence electrons. The van der Waals surface area contributed by atoms with Gasteiger partial charge in [-0.25, -0.2) is 18.7 Å². The fourth-order valence-corrected chi connectivity index (χ4v) is 6.72. The number of carbonyl (C=O) groups excluding carboxylic acids is 3. The van der Waals surface area contributed by atoms with Gasteiger partial charge in [-0.15, -0.1) is 0 Å². The summed E-state index contributed by atoms with van der Waals surface area (Å²) in [6, 6.07) is 18.5. The van der Waals surface area contributed by atoms with E-state index in [2.05, 4.69) is 41.2 Å². The summed E-state index contributed by atoms with van der Waals surface area (Å²) in [7, 11) is 0. The highest BCUT2D eigenvalue weighted by Gasteiger charge is 2.38. The lowest BCUT2D eigenvalue weighted by Crippen LogP contribution is -2.32. The van der Waals surface area contributed by atoms with E-state index in [1.54, 1.807) is 18.3 Å². The Morgan fingerprint density at radius 3 is 1.95 bits per heavy atom. The smallest absolute Gasteiger partial charge is 0.280 e. The predicted octanol–water partition coefficient (Wildman–Crippen LogP) is 10.3. The number of thiazole rings is 1. The Labute approximate surface area is 355 Å². The number of aromatic amines is 1. The van der Waals surface area contributed by atoms with Gasteiger partial charge in [-0.2, -0.15) is 0 Å². The van der Waals surface area contributed by atoms with Crippen LogP contribution in [0.25, 0.3) is 11.0 Å². The van der Waals surface area contributed by atoms with Gasteiger partial charge < -0.3 is 24.5 Å². The number of anilines is 3. The largest absolute Gasteiger partial charge is 0.384 e. The minimum atomic E-state index is -0.792. The van der Waals surface area contributed by atoms with Crippen LogP contribution in [-0.2, 0) is 5.60 Å². The average molecular weight is 880 g/mol. The van der Waals surface area contributed by atoms with Gasteiger partial charge in [0.05, 0.1) is 26.0 Å². The van der Waals surface area contributed by atoms with E-state index >= 15 is 0 Å². The van der Waals surface area contributed by atoms with Crippen LogP contribution in [0.3, 0.4) is 0 Å². The molecule has 1 aliphatic rings. The SMILES string of the molecule is CC(C)c1cc(C(=O)Nc2ccc(F)c(Cl)c2)no1.CC(C)c1cc(C(=O)Nc2nc3ccccc3[nH]2)no1.O=C(Nc1ncc(C2(O)CCC2)s1)c1ccc(F)c(Cl)c1. The number of rotatable bonds is 9. The van der Waals surface area contributed by atoms with Crippen LogP contribution < -0.4 is 16.0 Å². The number of H-pyrrole nitrogens is 1. The number of nitrogens with zero attached hydrogens (tertiary/aromatic N) is 4. The first-order valence-electron chi connectivity index (χ1n) is 18.5. The maximum atomic E-state index is 13.1. The summed E-state index contributed by atoms with van der Waals surface area (Å²) in [4.78, 5) is 48.1. The number of amides is 3. The molecule has 0 bridgehead atoms. The van der Waals surface area contributed by atoms with Gasteiger partial charge in [0.15, 0.2) is 16.5 Å². The fraction of sp³-hybridized carbons (Fsp3) is 0.244. The van der Waals surface area contributed by atoms with Crippen molar-refractivity contribution in [2.45, 2.75) is 64.4 Å². The van der Waals surface area contributed by atoms with Gasteiger partial charge in [-0.05, 0) is 67.8 Å². The fourth-order valence-electron chi connectivity index (χ4n) is 5.40. The van der Waals surface area contributed by atoms with Crippen LogP contribution in [0.1, 0.15) is 107 Å². The van der Waals surface area contributed by atoms with Crippen molar-refractivity contribution >= 4 is 80.1 Å². The standard InChI is InChI=1S/C14H12ClFN2O2S.C14H14N4O2.C13H12ClFN2O2/c15-9-6-8(2-3-10(9)16)12(19)18-13-17-7-11(21-13)14(20)4-1-5-14;1-8(2)12-7-11(18-20-12)13(19)17-14-15-9-5-3-4-6-10(9)16-14;1-7(2)12-6-11(17-19-12)13(18)16-8-3-4-10(15)9(14)5-8/h2-3,6-7,20H,1,4-5H2,(H,17,18,19);3-8H,1-2H3,(H2,15,16,17,19);3-7H,1-2H3,(H,16,18). The highest BCUT2D eigenvalue weighted by atomic mass is 35.5. The van der Waals surface area contributed by atoms with Gasteiger partial charge >= 0.3 is 0 Å². The first kappa shape index (κ1) is 43.6. The Morgan fingerprint density at radius 2 is 1.40 bits per heavy atom. The highest BCUT2D eigenvalue weighted by molar-refractivity contribution is 7.15. The molecule has 1 aliphatic carbocycles. The molecule has 4 aromatic heterocycles. The number of carbonyl (C=O) groups is 3. The monoisotopic (exact) mass is 878 g/mol. The minimum Gasteiger partial charge on any atom is -0.384 e. The summed E-state index contributed by atoms with van der Waals surface area (Å²) in [5.41, 5.74) is 1.93. The third kappa shape index (κ3) is 10.8. The van der Waals surface area contributed by atoms with E-state index in [0.29, 0.717) is 28.3 Å². The molecule has 3 amide bonds. The molecule has 0 saturated heterocycles. The average Bonchev–Trinajstić information content (AvgIpc) is 4.04. The Hall–Kier alpha value is -6.01. The Morgan fingerprint density at radius 1 is 0.800 bits per heavy atom. The number of para-hydroxylation sites is 2. The first-order chi connectivity index (χ1) is 28.6. The van der Waals surface area contributed by atoms with Gasteiger partial charge in [-0.1, -0.05) is 84.7 Å². The van der Waals surface area contributed by atoms with Crippen LogP contribution >= 0.6 is 34.5 Å². The Bertz CT molecular complexity index is 2600. The van der Waals surface area contributed by atoms with Crippen molar-refractivity contribution in [3.63, 3.8) is 0 Å². The van der Waals surface area contributed by atoms with E-state index in [1.807, 2.05) is 52.0 Å². The summed E-state index contributed by atoms with van der Waals surface area (Å²) >= 11 is 12.5. The molecule has 5 N–H and O–H groups in total. The van der Waals surface area contributed by atoms with Gasteiger partial charge in [0.1, 0.15) is 28.8 Å². The van der Waals surface area contributed by atoms with Crippen molar-refractivity contribution in [1.82, 2.24) is 25.3 Å². The molecule has 7 aromatic rings. The molecule has 4 heterocycles. The molecule has 1 saturated carbocycles. The molecule has 0 aliphatic heterocycles. The molecule has 0 spiro atoms. The van der Waals surface area contributed by atoms with E-state index in [4.69, 9.17) is 32.2 Å². The number of halogens is 4. The Kier molecular flexibility index (Phi) is 13.7. The first-order valence-corrected chi connectivity index (χ1v) is 20.1. The van der Waals surface area contributed by atoms with Gasteiger partial charge in [-0.3, -0.25) is 25.0 Å². The van der Waals surface area contributed by atoms with Crippen LogP contribution in [0.2, 0.25) is 10.0 Å². The van der Waals surface area contributed by atoms with Crippen LogP contribution in [0, 0.1) is 11.6 Å². The summed E-state index contributed by atoms with van der Waals surface area (Å²) in [6.45, 7) is 7.81. The van der Waals surface area contributed by atoms with Gasteiger partial charge in [0.2, 0.25) is 5.95 Å². The zero-order valence-electron chi connectivity index (χ0n) is 32.5.